The molecule has 0 fully saturated rings. The molecule has 0 saturated carbocycles. The molecule has 0 aliphatic heterocycles. The molecule has 0 saturated heterocycles. The average Bonchev–Trinajstić information content (AvgIpc) is 2.52. The predicted molar refractivity (Wildman–Crippen MR) is 84.3 cm³/mol. The number of hydrogen-bond donors (Lipinski definition) is 1. The predicted octanol–water partition coefficient (Wildman–Crippen LogP) is 2.98. The SMILES string of the molecule is COc1cc(N)ccc1SCc1nccc(OC)c1OC. The van der Waals surface area contributed by atoms with E-state index in [1.54, 1.807) is 51.4 Å². The van der Waals surface area contributed by atoms with Gasteiger partial charge in [-0.2, -0.15) is 0 Å². The summed E-state index contributed by atoms with van der Waals surface area (Å²) in [6, 6.07) is 7.36. The Morgan fingerprint density at radius 1 is 1.05 bits per heavy atom. The molecule has 21 heavy (non-hydrogen) atoms. The minimum Gasteiger partial charge on any atom is -0.496 e. The minimum absolute atomic E-state index is 0.640. The zero-order valence-corrected chi connectivity index (χ0v) is 13.1. The number of anilines is 1. The molecule has 112 valence electrons. The van der Waals surface area contributed by atoms with Crippen molar-refractivity contribution in [3.05, 3.63) is 36.2 Å². The van der Waals surface area contributed by atoms with E-state index in [-0.39, 0.29) is 0 Å². The van der Waals surface area contributed by atoms with E-state index in [9.17, 15) is 0 Å². The Bertz CT molecular complexity index is 620. The van der Waals surface area contributed by atoms with Gasteiger partial charge in [0, 0.05) is 34.7 Å². The summed E-state index contributed by atoms with van der Waals surface area (Å²) in [6.07, 6.45) is 1.71. The van der Waals surface area contributed by atoms with E-state index in [1.165, 1.54) is 0 Å². The molecular weight excluding hydrogens is 288 g/mol. The Balaban J connectivity index is 2.20. The first-order valence-corrected chi connectivity index (χ1v) is 7.30. The van der Waals surface area contributed by atoms with Crippen molar-refractivity contribution in [3.63, 3.8) is 0 Å². The van der Waals surface area contributed by atoms with Crippen molar-refractivity contribution < 1.29 is 14.2 Å². The zero-order chi connectivity index (χ0) is 15.2. The van der Waals surface area contributed by atoms with Gasteiger partial charge in [0.15, 0.2) is 11.5 Å². The Morgan fingerprint density at radius 3 is 2.48 bits per heavy atom. The molecule has 2 N–H and O–H groups in total. The first kappa shape index (κ1) is 15.3. The maximum absolute atomic E-state index is 5.76. The van der Waals surface area contributed by atoms with Crippen LogP contribution in [0.2, 0.25) is 0 Å². The molecule has 0 spiro atoms. The van der Waals surface area contributed by atoms with E-state index >= 15 is 0 Å². The van der Waals surface area contributed by atoms with E-state index in [0.29, 0.717) is 22.9 Å². The molecule has 0 radical (unpaired) electrons. The topological polar surface area (TPSA) is 66.6 Å². The van der Waals surface area contributed by atoms with Gasteiger partial charge >= 0.3 is 0 Å². The number of thioether (sulfide) groups is 1. The third-order valence-electron chi connectivity index (χ3n) is 2.92. The minimum atomic E-state index is 0.640. The molecule has 0 aliphatic rings. The highest BCUT2D eigenvalue weighted by atomic mass is 32.2. The molecule has 6 heteroatoms. The smallest absolute Gasteiger partial charge is 0.183 e. The highest BCUT2D eigenvalue weighted by Crippen LogP contribution is 2.36. The van der Waals surface area contributed by atoms with Crippen LogP contribution in [-0.4, -0.2) is 26.3 Å². The molecule has 1 aromatic heterocycles. The normalized spacial score (nSPS) is 10.2. The summed E-state index contributed by atoms with van der Waals surface area (Å²) in [5, 5.41) is 0. The molecule has 0 amide bonds. The van der Waals surface area contributed by atoms with Crippen LogP contribution in [0.1, 0.15) is 5.69 Å². The number of pyridine rings is 1. The van der Waals surface area contributed by atoms with Crippen LogP contribution in [0.3, 0.4) is 0 Å². The number of nitrogens with zero attached hydrogens (tertiary/aromatic N) is 1. The lowest BCUT2D eigenvalue weighted by atomic mass is 10.3. The Kier molecular flexibility index (Phi) is 5.16. The van der Waals surface area contributed by atoms with Gasteiger partial charge in [-0.1, -0.05) is 0 Å². The van der Waals surface area contributed by atoms with E-state index in [4.69, 9.17) is 19.9 Å². The lowest BCUT2D eigenvalue weighted by Gasteiger charge is -2.12. The molecule has 5 nitrogen and oxygen atoms in total. The van der Waals surface area contributed by atoms with Gasteiger partial charge in [0.2, 0.25) is 0 Å². The van der Waals surface area contributed by atoms with E-state index in [2.05, 4.69) is 4.98 Å². The van der Waals surface area contributed by atoms with Crippen molar-refractivity contribution >= 4 is 17.4 Å². The molecule has 1 heterocycles. The number of aromatic nitrogens is 1. The number of methoxy groups -OCH3 is 3. The van der Waals surface area contributed by atoms with Crippen LogP contribution in [0.4, 0.5) is 5.69 Å². The van der Waals surface area contributed by atoms with Gasteiger partial charge in [0.05, 0.1) is 27.0 Å². The lowest BCUT2D eigenvalue weighted by molar-refractivity contribution is 0.350. The van der Waals surface area contributed by atoms with Crippen LogP contribution < -0.4 is 19.9 Å². The van der Waals surface area contributed by atoms with Crippen molar-refractivity contribution in [2.45, 2.75) is 10.6 Å². The van der Waals surface area contributed by atoms with Crippen molar-refractivity contribution in [2.24, 2.45) is 0 Å². The first-order chi connectivity index (χ1) is 10.2. The monoisotopic (exact) mass is 306 g/mol. The highest BCUT2D eigenvalue weighted by molar-refractivity contribution is 7.98. The van der Waals surface area contributed by atoms with Gasteiger partial charge in [0.25, 0.3) is 0 Å². The highest BCUT2D eigenvalue weighted by Gasteiger charge is 2.12. The fourth-order valence-electron chi connectivity index (χ4n) is 1.90. The fourth-order valence-corrected chi connectivity index (χ4v) is 2.85. The summed E-state index contributed by atoms with van der Waals surface area (Å²) in [5.74, 6) is 2.72. The van der Waals surface area contributed by atoms with Crippen LogP contribution in [-0.2, 0) is 5.75 Å². The summed E-state index contributed by atoms with van der Waals surface area (Å²) in [6.45, 7) is 0. The molecule has 1 aromatic carbocycles. The van der Waals surface area contributed by atoms with Crippen LogP contribution in [0.5, 0.6) is 17.2 Å². The van der Waals surface area contributed by atoms with Crippen LogP contribution in [0.15, 0.2) is 35.4 Å². The molecule has 0 aliphatic carbocycles. The van der Waals surface area contributed by atoms with Crippen LogP contribution in [0.25, 0.3) is 0 Å². The summed E-state index contributed by atoms with van der Waals surface area (Å²) in [7, 11) is 4.85. The number of nitrogens with two attached hydrogens (primary N) is 1. The molecule has 2 aromatic rings. The number of benzene rings is 1. The van der Waals surface area contributed by atoms with Crippen molar-refractivity contribution in [2.75, 3.05) is 27.1 Å². The van der Waals surface area contributed by atoms with Gasteiger partial charge in [-0.15, -0.1) is 11.8 Å². The van der Waals surface area contributed by atoms with Crippen LogP contribution in [0, 0.1) is 0 Å². The van der Waals surface area contributed by atoms with Gasteiger partial charge < -0.3 is 19.9 Å². The summed E-state index contributed by atoms with van der Waals surface area (Å²) >= 11 is 1.60. The molecule has 2 rings (SSSR count). The van der Waals surface area contributed by atoms with Gasteiger partial charge in [-0.3, -0.25) is 4.98 Å². The molecule has 0 atom stereocenters. The number of hydrogen-bond acceptors (Lipinski definition) is 6. The van der Waals surface area contributed by atoms with Gasteiger partial charge in [-0.25, -0.2) is 0 Å². The zero-order valence-electron chi connectivity index (χ0n) is 12.3. The standard InChI is InChI=1S/C15H18N2O3S/c1-18-12-6-7-17-11(15(12)20-3)9-21-14-5-4-10(16)8-13(14)19-2/h4-8H,9,16H2,1-3H3. The summed E-state index contributed by atoms with van der Waals surface area (Å²) in [4.78, 5) is 5.35. The maximum Gasteiger partial charge on any atom is 0.183 e. The second kappa shape index (κ2) is 7.08. The number of rotatable bonds is 6. The van der Waals surface area contributed by atoms with Crippen molar-refractivity contribution in [1.29, 1.82) is 0 Å². The number of nitrogen functional groups attached to an aromatic ring is 1. The first-order valence-electron chi connectivity index (χ1n) is 6.31. The third kappa shape index (κ3) is 3.52. The quantitative estimate of drug-likeness (QED) is 0.654. The largest absolute Gasteiger partial charge is 0.496 e. The van der Waals surface area contributed by atoms with Crippen molar-refractivity contribution in [1.82, 2.24) is 4.98 Å². The van der Waals surface area contributed by atoms with Gasteiger partial charge in [-0.05, 0) is 12.1 Å². The maximum atomic E-state index is 5.76. The Hall–Kier alpha value is -2.08. The second-order valence-corrected chi connectivity index (χ2v) is 5.21. The average molecular weight is 306 g/mol. The van der Waals surface area contributed by atoms with E-state index in [1.807, 2.05) is 12.1 Å². The van der Waals surface area contributed by atoms with E-state index in [0.717, 1.165) is 16.3 Å². The summed E-state index contributed by atoms with van der Waals surface area (Å²) < 4.78 is 16.0. The number of ether oxygens (including phenoxy) is 3. The lowest BCUT2D eigenvalue weighted by Crippen LogP contribution is -1.98. The third-order valence-corrected chi connectivity index (χ3v) is 3.98. The van der Waals surface area contributed by atoms with Crippen molar-refractivity contribution in [3.8, 4) is 17.2 Å². The van der Waals surface area contributed by atoms with Gasteiger partial charge in [0.1, 0.15) is 5.75 Å². The molecule has 0 unspecified atom stereocenters. The van der Waals surface area contributed by atoms with E-state index < -0.39 is 0 Å². The Morgan fingerprint density at radius 2 is 1.81 bits per heavy atom. The second-order valence-electron chi connectivity index (χ2n) is 4.19. The molecular formula is C15H18N2O3S. The Labute approximate surface area is 128 Å². The fraction of sp³-hybridized carbons (Fsp3) is 0.267. The van der Waals surface area contributed by atoms with Crippen LogP contribution >= 0.6 is 11.8 Å². The summed E-state index contributed by atoms with van der Waals surface area (Å²) in [5.41, 5.74) is 7.25. The molecule has 0 bridgehead atoms.